The van der Waals surface area contributed by atoms with Crippen LogP contribution in [0.4, 0.5) is 54.2 Å². The first-order valence-corrected chi connectivity index (χ1v) is 7.36. The van der Waals surface area contributed by atoms with E-state index in [1.807, 2.05) is 0 Å². The summed E-state index contributed by atoms with van der Waals surface area (Å²) in [5.41, 5.74) is 0.181. The van der Waals surface area contributed by atoms with Gasteiger partial charge >= 0.3 is 36.1 Å². The maximum absolute atomic E-state index is 14.2. The highest BCUT2D eigenvalue weighted by Gasteiger charge is 2.79. The Balaban J connectivity index is 2.45. The summed E-state index contributed by atoms with van der Waals surface area (Å²) in [5, 5.41) is 1.09. The number of aryl methyl sites for hydroxylation is 1. The number of imidazole rings is 1. The highest BCUT2D eigenvalue weighted by atomic mass is 19.4. The first-order chi connectivity index (χ1) is 13.3. The van der Waals surface area contributed by atoms with Crippen molar-refractivity contribution in [3.63, 3.8) is 0 Å². The second-order valence-electron chi connectivity index (χ2n) is 5.72. The van der Waals surface area contributed by atoms with Gasteiger partial charge in [0.15, 0.2) is 0 Å². The number of nitrogens with zero attached hydrogens (tertiary/aromatic N) is 2. The molecule has 0 fully saturated rings. The topological polar surface area (TPSA) is 56.2 Å². The lowest BCUT2D eigenvalue weighted by atomic mass is 10.2. The van der Waals surface area contributed by atoms with Crippen molar-refractivity contribution >= 4 is 22.9 Å². The summed E-state index contributed by atoms with van der Waals surface area (Å²) < 4.78 is 144. The molecule has 0 bridgehead atoms. The summed E-state index contributed by atoms with van der Waals surface area (Å²) in [6.07, 6.45) is -21.0. The number of hydrogen-bond donors (Lipinski definition) is 1. The standard InChI is InChI=1S/C14H8F11N3O2/c1-28-7-5-3-2-4-6(7)26-9(28)27-8(29)10(15,12(18,19)20)30-14(24,25)11(16,17)13(21,22)23/h2-5H,1H3,(H,26,27,29)/t10-/m0/s1. The Hall–Kier alpha value is -2.65. The van der Waals surface area contributed by atoms with Crippen LogP contribution in [0.25, 0.3) is 11.0 Å². The largest absolute Gasteiger partial charge is 0.462 e. The summed E-state index contributed by atoms with van der Waals surface area (Å²) in [6, 6.07) is 5.44. The Labute approximate surface area is 158 Å². The number of hydrogen-bond acceptors (Lipinski definition) is 3. The van der Waals surface area contributed by atoms with E-state index in [4.69, 9.17) is 0 Å². The minimum Gasteiger partial charge on any atom is -0.313 e. The van der Waals surface area contributed by atoms with E-state index >= 15 is 0 Å². The third-order valence-corrected chi connectivity index (χ3v) is 3.66. The molecule has 168 valence electrons. The second kappa shape index (κ2) is 6.95. The first kappa shape index (κ1) is 23.6. The number of halogens is 11. The van der Waals surface area contributed by atoms with Gasteiger partial charge in [-0.05, 0) is 12.1 Å². The number of rotatable bonds is 5. The Morgan fingerprint density at radius 2 is 1.47 bits per heavy atom. The van der Waals surface area contributed by atoms with Gasteiger partial charge in [-0.2, -0.15) is 48.3 Å². The Morgan fingerprint density at radius 1 is 0.933 bits per heavy atom. The molecule has 1 heterocycles. The molecule has 0 saturated heterocycles. The van der Waals surface area contributed by atoms with Gasteiger partial charge in [-0.3, -0.25) is 14.8 Å². The van der Waals surface area contributed by atoms with Crippen molar-refractivity contribution in [1.82, 2.24) is 9.55 Å². The van der Waals surface area contributed by atoms with Crippen LogP contribution in [0.5, 0.6) is 0 Å². The molecule has 0 saturated carbocycles. The second-order valence-corrected chi connectivity index (χ2v) is 5.72. The Bertz CT molecular complexity index is 951. The van der Waals surface area contributed by atoms with E-state index in [9.17, 15) is 53.1 Å². The van der Waals surface area contributed by atoms with Crippen molar-refractivity contribution in [2.24, 2.45) is 7.05 Å². The maximum atomic E-state index is 14.2. The molecular weight excluding hydrogens is 451 g/mol. The molecule has 2 rings (SSSR count). The molecule has 5 nitrogen and oxygen atoms in total. The molecule has 0 spiro atoms. The third-order valence-electron chi connectivity index (χ3n) is 3.66. The molecule has 1 aromatic heterocycles. The minimum atomic E-state index is -7.26. The molecular formula is C14H8F11N3O2. The molecule has 2 aromatic rings. The quantitative estimate of drug-likeness (QED) is 0.668. The van der Waals surface area contributed by atoms with Crippen LogP contribution in [0.1, 0.15) is 0 Å². The fourth-order valence-corrected chi connectivity index (χ4v) is 2.08. The molecule has 1 N–H and O–H groups in total. The van der Waals surface area contributed by atoms with E-state index in [-0.39, 0.29) is 11.0 Å². The predicted octanol–water partition coefficient (Wildman–Crippen LogP) is 4.55. The van der Waals surface area contributed by atoms with E-state index in [1.165, 1.54) is 24.3 Å². The van der Waals surface area contributed by atoms with Crippen molar-refractivity contribution in [2.45, 2.75) is 30.2 Å². The van der Waals surface area contributed by atoms with Crippen LogP contribution in [0.2, 0.25) is 0 Å². The SMILES string of the molecule is Cn1c(NC(=O)[C@](F)(OC(F)(F)C(F)(F)C(F)(F)F)C(F)(F)F)nc2ccccc21. The molecule has 0 aliphatic rings. The zero-order valence-electron chi connectivity index (χ0n) is 14.2. The smallest absolute Gasteiger partial charge is 0.313 e. The van der Waals surface area contributed by atoms with Crippen molar-refractivity contribution in [3.8, 4) is 0 Å². The molecule has 30 heavy (non-hydrogen) atoms. The van der Waals surface area contributed by atoms with Gasteiger partial charge in [0.05, 0.1) is 11.0 Å². The van der Waals surface area contributed by atoms with E-state index in [0.29, 0.717) is 0 Å². The van der Waals surface area contributed by atoms with Crippen LogP contribution in [0, 0.1) is 0 Å². The van der Waals surface area contributed by atoms with E-state index in [0.717, 1.165) is 16.9 Å². The van der Waals surface area contributed by atoms with Crippen molar-refractivity contribution < 1.29 is 57.8 Å². The van der Waals surface area contributed by atoms with Crippen LogP contribution in [-0.2, 0) is 16.6 Å². The van der Waals surface area contributed by atoms with Crippen LogP contribution in [0.15, 0.2) is 24.3 Å². The average Bonchev–Trinajstić information content (AvgIpc) is 2.88. The zero-order valence-corrected chi connectivity index (χ0v) is 14.2. The lowest BCUT2D eigenvalue weighted by Crippen LogP contribution is -2.62. The number of aromatic nitrogens is 2. The van der Waals surface area contributed by atoms with E-state index in [1.54, 1.807) is 0 Å². The third kappa shape index (κ3) is 3.75. The molecule has 1 aromatic carbocycles. The number of alkyl halides is 11. The number of para-hydroxylation sites is 2. The fourth-order valence-electron chi connectivity index (χ4n) is 2.08. The zero-order chi connectivity index (χ0) is 23.3. The van der Waals surface area contributed by atoms with Crippen LogP contribution in [0.3, 0.4) is 0 Å². The van der Waals surface area contributed by atoms with Crippen molar-refractivity contribution in [3.05, 3.63) is 24.3 Å². The number of benzene rings is 1. The van der Waals surface area contributed by atoms with Crippen LogP contribution in [-0.4, -0.2) is 45.7 Å². The van der Waals surface area contributed by atoms with Crippen LogP contribution >= 0.6 is 0 Å². The molecule has 0 aliphatic carbocycles. The molecule has 0 aliphatic heterocycles. The molecule has 16 heteroatoms. The normalized spacial score (nSPS) is 15.9. The monoisotopic (exact) mass is 459 g/mol. The summed E-state index contributed by atoms with van der Waals surface area (Å²) in [7, 11) is 1.09. The summed E-state index contributed by atoms with van der Waals surface area (Å²) in [5.74, 6) is -17.6. The molecule has 0 unspecified atom stereocenters. The summed E-state index contributed by atoms with van der Waals surface area (Å²) in [6.45, 7) is 0. The molecule has 0 radical (unpaired) electrons. The Kier molecular flexibility index (Phi) is 5.48. The average molecular weight is 459 g/mol. The number of carbonyl (C=O) groups excluding carboxylic acids is 1. The van der Waals surface area contributed by atoms with E-state index in [2.05, 4.69) is 9.72 Å². The van der Waals surface area contributed by atoms with Gasteiger partial charge in [-0.25, -0.2) is 4.98 Å². The van der Waals surface area contributed by atoms with Gasteiger partial charge in [-0.15, -0.1) is 0 Å². The number of ether oxygens (including phenoxy) is 1. The summed E-state index contributed by atoms with van der Waals surface area (Å²) >= 11 is 0. The highest BCUT2D eigenvalue weighted by Crippen LogP contribution is 2.51. The van der Waals surface area contributed by atoms with Gasteiger partial charge in [-0.1, -0.05) is 12.1 Å². The maximum Gasteiger partial charge on any atom is 0.462 e. The highest BCUT2D eigenvalue weighted by molar-refractivity contribution is 5.97. The number of nitrogens with one attached hydrogen (secondary N) is 1. The first-order valence-electron chi connectivity index (χ1n) is 7.36. The van der Waals surface area contributed by atoms with Gasteiger partial charge in [0.2, 0.25) is 5.95 Å². The van der Waals surface area contributed by atoms with E-state index < -0.39 is 42.1 Å². The number of anilines is 1. The van der Waals surface area contributed by atoms with Gasteiger partial charge in [0.1, 0.15) is 0 Å². The molecule has 1 amide bonds. The Morgan fingerprint density at radius 3 is 1.93 bits per heavy atom. The summed E-state index contributed by atoms with van der Waals surface area (Å²) in [4.78, 5) is 15.3. The lowest BCUT2D eigenvalue weighted by Gasteiger charge is -2.33. The van der Waals surface area contributed by atoms with Crippen molar-refractivity contribution in [1.29, 1.82) is 0 Å². The van der Waals surface area contributed by atoms with Gasteiger partial charge < -0.3 is 4.57 Å². The number of fused-ring (bicyclic) bond motifs is 1. The number of amides is 1. The minimum absolute atomic E-state index is 0.0293. The lowest BCUT2D eigenvalue weighted by molar-refractivity contribution is -0.472. The van der Waals surface area contributed by atoms with Gasteiger partial charge in [0.25, 0.3) is 0 Å². The van der Waals surface area contributed by atoms with Gasteiger partial charge in [0, 0.05) is 7.05 Å². The number of carbonyl (C=O) groups is 1. The molecule has 1 atom stereocenters. The van der Waals surface area contributed by atoms with Crippen LogP contribution < -0.4 is 5.32 Å². The van der Waals surface area contributed by atoms with Crippen molar-refractivity contribution in [2.75, 3.05) is 5.32 Å². The predicted molar refractivity (Wildman–Crippen MR) is 76.3 cm³/mol. The fraction of sp³-hybridized carbons (Fsp3) is 0.429.